The number of nitrogens with zero attached hydrogens (tertiary/aromatic N) is 1. The second kappa shape index (κ2) is 3.74. The molecule has 1 aromatic heterocycles. The third kappa shape index (κ3) is 1.98. The first kappa shape index (κ1) is 9.98. The normalized spacial score (nSPS) is 10.5. The Labute approximate surface area is 78.5 Å². The molecule has 1 heterocycles. The average Bonchev–Trinajstić information content (AvgIpc) is 2.09. The van der Waals surface area contributed by atoms with Crippen molar-refractivity contribution in [2.75, 3.05) is 12.8 Å². The summed E-state index contributed by atoms with van der Waals surface area (Å²) in [6, 6.07) is 1.06. The van der Waals surface area contributed by atoms with Crippen LogP contribution in [0.15, 0.2) is 6.07 Å². The van der Waals surface area contributed by atoms with Crippen molar-refractivity contribution in [3.63, 3.8) is 0 Å². The molecule has 0 aliphatic rings. The number of pyridine rings is 1. The lowest BCUT2D eigenvalue weighted by atomic mass is 10.3. The van der Waals surface area contributed by atoms with Crippen molar-refractivity contribution in [3.8, 4) is 5.75 Å². The lowest BCUT2D eigenvalue weighted by Gasteiger charge is -2.07. The van der Waals surface area contributed by atoms with Crippen molar-refractivity contribution < 1.29 is 13.5 Å². The Morgan fingerprint density at radius 3 is 2.69 bits per heavy atom. The first-order valence-electron chi connectivity index (χ1n) is 3.34. The van der Waals surface area contributed by atoms with Crippen LogP contribution in [0.1, 0.15) is 12.1 Å². The van der Waals surface area contributed by atoms with Crippen LogP contribution in [-0.2, 0) is 0 Å². The summed E-state index contributed by atoms with van der Waals surface area (Å²) >= 11 is 5.49. The van der Waals surface area contributed by atoms with Gasteiger partial charge in [-0.1, -0.05) is 11.6 Å². The number of nitrogens with two attached hydrogens (primary N) is 1. The van der Waals surface area contributed by atoms with Gasteiger partial charge in [-0.05, 0) is 0 Å². The van der Waals surface area contributed by atoms with Crippen LogP contribution < -0.4 is 10.5 Å². The van der Waals surface area contributed by atoms with Gasteiger partial charge in [0.1, 0.15) is 17.1 Å². The Bertz CT molecular complexity index is 320. The molecule has 0 amide bonds. The predicted molar refractivity (Wildman–Crippen MR) is 45.2 cm³/mol. The van der Waals surface area contributed by atoms with Crippen LogP contribution in [0.2, 0.25) is 5.15 Å². The number of anilines is 1. The van der Waals surface area contributed by atoms with E-state index in [0.717, 1.165) is 6.07 Å². The lowest BCUT2D eigenvalue weighted by molar-refractivity contribution is 0.145. The average molecular weight is 209 g/mol. The molecule has 0 unspecified atom stereocenters. The molecule has 0 fully saturated rings. The summed E-state index contributed by atoms with van der Waals surface area (Å²) in [6.45, 7) is 0. The third-order valence-electron chi connectivity index (χ3n) is 1.44. The van der Waals surface area contributed by atoms with Gasteiger partial charge < -0.3 is 10.5 Å². The molecule has 0 aromatic carbocycles. The van der Waals surface area contributed by atoms with Gasteiger partial charge in [0.05, 0.1) is 7.11 Å². The number of aromatic nitrogens is 1. The second-order valence-corrected chi connectivity index (χ2v) is 2.61. The number of rotatable bonds is 2. The molecule has 2 N–H and O–H groups in total. The molecular weight excluding hydrogens is 202 g/mol. The summed E-state index contributed by atoms with van der Waals surface area (Å²) in [7, 11) is 1.32. The zero-order valence-corrected chi connectivity index (χ0v) is 7.48. The number of hydrogen-bond acceptors (Lipinski definition) is 3. The summed E-state index contributed by atoms with van der Waals surface area (Å²) in [5.41, 5.74) is 5.01. The van der Waals surface area contributed by atoms with E-state index < -0.39 is 12.1 Å². The topological polar surface area (TPSA) is 48.1 Å². The first-order valence-corrected chi connectivity index (χ1v) is 3.72. The summed E-state index contributed by atoms with van der Waals surface area (Å²) in [6.07, 6.45) is -2.69. The van der Waals surface area contributed by atoms with E-state index in [1.807, 2.05) is 0 Å². The van der Waals surface area contributed by atoms with Crippen LogP contribution in [0.4, 0.5) is 14.5 Å². The molecule has 0 bridgehead atoms. The van der Waals surface area contributed by atoms with Crippen LogP contribution in [0.25, 0.3) is 0 Å². The van der Waals surface area contributed by atoms with Crippen molar-refractivity contribution in [1.82, 2.24) is 4.98 Å². The second-order valence-electron chi connectivity index (χ2n) is 2.25. The molecular formula is C7H7ClF2N2O. The van der Waals surface area contributed by atoms with E-state index >= 15 is 0 Å². The van der Waals surface area contributed by atoms with Crippen LogP contribution in [-0.4, -0.2) is 12.1 Å². The highest BCUT2D eigenvalue weighted by atomic mass is 35.5. The molecule has 1 aromatic rings. The van der Waals surface area contributed by atoms with Gasteiger partial charge in [0, 0.05) is 6.07 Å². The fraction of sp³-hybridized carbons (Fsp3) is 0.286. The lowest BCUT2D eigenvalue weighted by Crippen LogP contribution is -1.99. The smallest absolute Gasteiger partial charge is 0.280 e. The number of halogens is 3. The van der Waals surface area contributed by atoms with Crippen molar-refractivity contribution in [3.05, 3.63) is 16.9 Å². The van der Waals surface area contributed by atoms with Crippen molar-refractivity contribution in [2.45, 2.75) is 6.43 Å². The molecule has 0 atom stereocenters. The van der Waals surface area contributed by atoms with Gasteiger partial charge in [0.15, 0.2) is 5.15 Å². The first-order chi connectivity index (χ1) is 6.06. The molecule has 6 heteroatoms. The van der Waals surface area contributed by atoms with E-state index in [0.29, 0.717) is 0 Å². The Hall–Kier alpha value is -1.10. The number of methoxy groups -OCH3 is 1. The minimum absolute atomic E-state index is 0.0635. The molecule has 0 saturated carbocycles. The Balaban J connectivity index is 3.22. The third-order valence-corrected chi connectivity index (χ3v) is 1.73. The summed E-state index contributed by atoms with van der Waals surface area (Å²) in [4.78, 5) is 3.39. The Morgan fingerprint density at radius 1 is 1.62 bits per heavy atom. The Kier molecular flexibility index (Phi) is 2.87. The van der Waals surface area contributed by atoms with Gasteiger partial charge >= 0.3 is 0 Å². The predicted octanol–water partition coefficient (Wildman–Crippen LogP) is 2.26. The van der Waals surface area contributed by atoms with Crippen LogP contribution in [0, 0.1) is 0 Å². The number of hydrogen-bond donors (Lipinski definition) is 1. The molecule has 72 valence electrons. The van der Waals surface area contributed by atoms with Gasteiger partial charge in [0.25, 0.3) is 6.43 Å². The fourth-order valence-corrected chi connectivity index (χ4v) is 0.991. The van der Waals surface area contributed by atoms with Gasteiger partial charge in [0.2, 0.25) is 0 Å². The number of alkyl halides is 2. The highest BCUT2D eigenvalue weighted by molar-refractivity contribution is 6.32. The minimum atomic E-state index is -2.69. The van der Waals surface area contributed by atoms with E-state index in [4.69, 9.17) is 22.1 Å². The quantitative estimate of drug-likeness (QED) is 0.759. The van der Waals surface area contributed by atoms with Gasteiger partial charge in [-0.3, -0.25) is 0 Å². The maximum absolute atomic E-state index is 12.2. The molecule has 13 heavy (non-hydrogen) atoms. The standard InChI is InChI=1S/C7H7ClF2N2O/c1-13-4-2-3(7(9)10)12-6(8)5(4)11/h2,7H,11H2,1H3. The van der Waals surface area contributed by atoms with Crippen molar-refractivity contribution >= 4 is 17.3 Å². The van der Waals surface area contributed by atoms with E-state index in [1.54, 1.807) is 0 Å². The van der Waals surface area contributed by atoms with E-state index in [2.05, 4.69) is 4.98 Å². The zero-order valence-electron chi connectivity index (χ0n) is 6.72. The zero-order chi connectivity index (χ0) is 10.0. The molecule has 1 rings (SSSR count). The molecule has 0 spiro atoms. The van der Waals surface area contributed by atoms with Crippen LogP contribution >= 0.6 is 11.6 Å². The van der Waals surface area contributed by atoms with E-state index in [-0.39, 0.29) is 16.6 Å². The summed E-state index contributed by atoms with van der Waals surface area (Å²) < 4.78 is 29.1. The van der Waals surface area contributed by atoms with Crippen LogP contribution in [0.5, 0.6) is 5.75 Å². The van der Waals surface area contributed by atoms with Crippen LogP contribution in [0.3, 0.4) is 0 Å². The fourth-order valence-electron chi connectivity index (χ4n) is 0.800. The largest absolute Gasteiger partial charge is 0.494 e. The molecule has 0 saturated heterocycles. The molecule has 0 aliphatic carbocycles. The van der Waals surface area contributed by atoms with Gasteiger partial charge in [-0.2, -0.15) is 0 Å². The monoisotopic (exact) mass is 208 g/mol. The highest BCUT2D eigenvalue weighted by Crippen LogP contribution is 2.31. The molecule has 0 aliphatic heterocycles. The van der Waals surface area contributed by atoms with Gasteiger partial charge in [-0.15, -0.1) is 0 Å². The van der Waals surface area contributed by atoms with E-state index in [9.17, 15) is 8.78 Å². The summed E-state index contributed by atoms with van der Waals surface area (Å²) in [5, 5.41) is -0.172. The minimum Gasteiger partial charge on any atom is -0.494 e. The maximum Gasteiger partial charge on any atom is 0.280 e. The van der Waals surface area contributed by atoms with Crippen molar-refractivity contribution in [1.29, 1.82) is 0 Å². The summed E-state index contributed by atoms with van der Waals surface area (Å²) in [5.74, 6) is 0.107. The van der Waals surface area contributed by atoms with Crippen molar-refractivity contribution in [2.24, 2.45) is 0 Å². The molecule has 0 radical (unpaired) electrons. The maximum atomic E-state index is 12.2. The SMILES string of the molecule is COc1cc(C(F)F)nc(Cl)c1N. The van der Waals surface area contributed by atoms with Gasteiger partial charge in [-0.25, -0.2) is 13.8 Å². The molecule has 3 nitrogen and oxygen atoms in total. The number of ether oxygens (including phenoxy) is 1. The Morgan fingerprint density at radius 2 is 2.23 bits per heavy atom. The highest BCUT2D eigenvalue weighted by Gasteiger charge is 2.14. The van der Waals surface area contributed by atoms with E-state index in [1.165, 1.54) is 7.11 Å². The number of nitrogen functional groups attached to an aromatic ring is 1.